The fourth-order valence-electron chi connectivity index (χ4n) is 1.35. The highest BCUT2D eigenvalue weighted by Crippen LogP contribution is 2.24. The Morgan fingerprint density at radius 1 is 1.15 bits per heavy atom. The van der Waals surface area contributed by atoms with Gasteiger partial charge in [-0.25, -0.2) is 0 Å². The van der Waals surface area contributed by atoms with Crippen LogP contribution in [0, 0.1) is 12.3 Å². The maximum Gasteiger partial charge on any atom is 0.123 e. The van der Waals surface area contributed by atoms with Crippen molar-refractivity contribution in [2.45, 2.75) is 0 Å². The topological polar surface area (TPSA) is 20.2 Å². The number of hydrogen-bond acceptors (Lipinski definition) is 1. The lowest BCUT2D eigenvalue weighted by Crippen LogP contribution is -1.76. The van der Waals surface area contributed by atoms with E-state index in [9.17, 15) is 5.11 Å². The van der Waals surface area contributed by atoms with Crippen LogP contribution in [0.5, 0.6) is 5.75 Å². The van der Waals surface area contributed by atoms with E-state index >= 15 is 0 Å². The molecule has 1 nitrogen and oxygen atoms in total. The fraction of sp³-hybridized carbons (Fsp3) is 0. The van der Waals surface area contributed by atoms with Gasteiger partial charge in [-0.05, 0) is 23.6 Å². The van der Waals surface area contributed by atoms with Crippen LogP contribution in [0.15, 0.2) is 36.4 Å². The molecule has 2 rings (SSSR count). The Morgan fingerprint density at radius 2 is 2.00 bits per heavy atom. The van der Waals surface area contributed by atoms with Gasteiger partial charge in [-0.15, -0.1) is 6.42 Å². The summed E-state index contributed by atoms with van der Waals surface area (Å²) in [5.74, 6) is 2.81. The number of benzene rings is 2. The second-order valence-corrected chi connectivity index (χ2v) is 2.86. The predicted molar refractivity (Wildman–Crippen MR) is 53.5 cm³/mol. The maximum atomic E-state index is 9.52. The lowest BCUT2D eigenvalue weighted by atomic mass is 10.1. The molecule has 0 amide bonds. The van der Waals surface area contributed by atoms with Gasteiger partial charge in [0.15, 0.2) is 0 Å². The van der Waals surface area contributed by atoms with Crippen molar-refractivity contribution < 1.29 is 5.11 Å². The van der Waals surface area contributed by atoms with Crippen LogP contribution in [0.4, 0.5) is 0 Å². The zero-order chi connectivity index (χ0) is 9.26. The summed E-state index contributed by atoms with van der Waals surface area (Å²) in [6.07, 6.45) is 5.26. The van der Waals surface area contributed by atoms with Gasteiger partial charge in [0.05, 0.1) is 0 Å². The number of rotatable bonds is 0. The summed E-state index contributed by atoms with van der Waals surface area (Å²) in [5.41, 5.74) is 0.786. The number of terminal acetylenes is 1. The molecule has 0 radical (unpaired) electrons. The first-order valence-electron chi connectivity index (χ1n) is 3.99. The van der Waals surface area contributed by atoms with Crippen molar-refractivity contribution >= 4 is 10.8 Å². The Balaban J connectivity index is 2.84. The molecule has 0 spiro atoms. The molecule has 0 atom stereocenters. The molecule has 62 valence electrons. The summed E-state index contributed by atoms with van der Waals surface area (Å²) >= 11 is 0. The van der Waals surface area contributed by atoms with Gasteiger partial charge in [0.25, 0.3) is 0 Å². The summed E-state index contributed by atoms with van der Waals surface area (Å²) in [4.78, 5) is 0. The lowest BCUT2D eigenvalue weighted by molar-refractivity contribution is 0.481. The van der Waals surface area contributed by atoms with Crippen molar-refractivity contribution in [3.8, 4) is 18.1 Å². The molecule has 0 saturated heterocycles. The average Bonchev–Trinajstić information content (AvgIpc) is 2.18. The summed E-state index contributed by atoms with van der Waals surface area (Å²) in [5, 5.41) is 11.3. The minimum atomic E-state index is 0.273. The first-order valence-corrected chi connectivity index (χ1v) is 3.99. The SMILES string of the molecule is C#Cc1ccc2cccc(O)c2c1. The minimum Gasteiger partial charge on any atom is -0.507 e. The molecule has 1 heteroatoms. The largest absolute Gasteiger partial charge is 0.507 e. The monoisotopic (exact) mass is 168 g/mol. The summed E-state index contributed by atoms with van der Waals surface area (Å²) in [7, 11) is 0. The highest BCUT2D eigenvalue weighted by molar-refractivity contribution is 5.89. The maximum absolute atomic E-state index is 9.52. The average molecular weight is 168 g/mol. The molecule has 13 heavy (non-hydrogen) atoms. The molecule has 0 aromatic heterocycles. The van der Waals surface area contributed by atoms with E-state index in [1.807, 2.05) is 30.3 Å². The smallest absolute Gasteiger partial charge is 0.123 e. The van der Waals surface area contributed by atoms with Gasteiger partial charge >= 0.3 is 0 Å². The first kappa shape index (κ1) is 7.70. The van der Waals surface area contributed by atoms with Crippen molar-refractivity contribution in [2.24, 2.45) is 0 Å². The Labute approximate surface area is 76.6 Å². The van der Waals surface area contributed by atoms with E-state index in [2.05, 4.69) is 5.92 Å². The summed E-state index contributed by atoms with van der Waals surface area (Å²) in [6, 6.07) is 11.0. The van der Waals surface area contributed by atoms with Gasteiger partial charge in [-0.2, -0.15) is 0 Å². The molecule has 0 bridgehead atoms. The van der Waals surface area contributed by atoms with E-state index in [4.69, 9.17) is 6.42 Å². The number of phenols is 1. The standard InChI is InChI=1S/C12H8O/c1-2-9-6-7-10-4-3-5-12(13)11(10)8-9/h1,3-8,13H. The van der Waals surface area contributed by atoms with E-state index in [1.54, 1.807) is 6.07 Å². The second-order valence-electron chi connectivity index (χ2n) is 2.86. The highest BCUT2D eigenvalue weighted by Gasteiger charge is 1.98. The van der Waals surface area contributed by atoms with Gasteiger partial charge in [-0.3, -0.25) is 0 Å². The van der Waals surface area contributed by atoms with Crippen LogP contribution in [-0.4, -0.2) is 5.11 Å². The molecular formula is C12H8O. The number of fused-ring (bicyclic) bond motifs is 1. The van der Waals surface area contributed by atoms with Crippen LogP contribution in [-0.2, 0) is 0 Å². The van der Waals surface area contributed by atoms with Gasteiger partial charge in [0.2, 0.25) is 0 Å². The van der Waals surface area contributed by atoms with E-state index in [-0.39, 0.29) is 5.75 Å². The molecule has 0 aliphatic heterocycles. The lowest BCUT2D eigenvalue weighted by Gasteiger charge is -2.00. The van der Waals surface area contributed by atoms with Crippen molar-refractivity contribution in [3.05, 3.63) is 42.0 Å². The highest BCUT2D eigenvalue weighted by atomic mass is 16.3. The zero-order valence-electron chi connectivity index (χ0n) is 6.99. The van der Waals surface area contributed by atoms with Crippen molar-refractivity contribution in [1.29, 1.82) is 0 Å². The normalized spacial score (nSPS) is 9.77. The van der Waals surface area contributed by atoms with E-state index in [1.165, 1.54) is 0 Å². The molecule has 0 fully saturated rings. The summed E-state index contributed by atoms with van der Waals surface area (Å²) in [6.45, 7) is 0. The number of hydrogen-bond donors (Lipinski definition) is 1. The molecule has 0 aliphatic carbocycles. The number of aromatic hydroxyl groups is 1. The molecule has 2 aromatic carbocycles. The molecule has 0 heterocycles. The van der Waals surface area contributed by atoms with Gasteiger partial charge in [0, 0.05) is 10.9 Å². The predicted octanol–water partition coefficient (Wildman–Crippen LogP) is 2.53. The Kier molecular flexibility index (Phi) is 1.68. The minimum absolute atomic E-state index is 0.273. The molecule has 0 aliphatic rings. The van der Waals surface area contributed by atoms with Gasteiger partial charge in [-0.1, -0.05) is 24.1 Å². The van der Waals surface area contributed by atoms with Crippen molar-refractivity contribution in [3.63, 3.8) is 0 Å². The second kappa shape index (κ2) is 2.84. The van der Waals surface area contributed by atoms with Crippen LogP contribution in [0.2, 0.25) is 0 Å². The van der Waals surface area contributed by atoms with E-state index < -0.39 is 0 Å². The van der Waals surface area contributed by atoms with Gasteiger partial charge < -0.3 is 5.11 Å². The Hall–Kier alpha value is -1.94. The van der Waals surface area contributed by atoms with E-state index in [0.29, 0.717) is 0 Å². The van der Waals surface area contributed by atoms with Crippen LogP contribution >= 0.6 is 0 Å². The van der Waals surface area contributed by atoms with E-state index in [0.717, 1.165) is 16.3 Å². The molecule has 0 saturated carbocycles. The van der Waals surface area contributed by atoms with Crippen LogP contribution in [0.25, 0.3) is 10.8 Å². The Bertz CT molecular complexity index is 492. The molecule has 2 aromatic rings. The quantitative estimate of drug-likeness (QED) is 0.599. The van der Waals surface area contributed by atoms with Crippen LogP contribution < -0.4 is 0 Å². The van der Waals surface area contributed by atoms with Crippen LogP contribution in [0.1, 0.15) is 5.56 Å². The van der Waals surface area contributed by atoms with Crippen molar-refractivity contribution in [2.75, 3.05) is 0 Å². The Morgan fingerprint density at radius 3 is 2.77 bits per heavy atom. The van der Waals surface area contributed by atoms with Crippen molar-refractivity contribution in [1.82, 2.24) is 0 Å². The first-order chi connectivity index (χ1) is 6.31. The third-order valence-electron chi connectivity index (χ3n) is 2.03. The molecule has 0 unspecified atom stereocenters. The van der Waals surface area contributed by atoms with Gasteiger partial charge in [0.1, 0.15) is 5.75 Å². The summed E-state index contributed by atoms with van der Waals surface area (Å²) < 4.78 is 0. The molecule has 1 N–H and O–H groups in total. The molecular weight excluding hydrogens is 160 g/mol. The zero-order valence-corrected chi connectivity index (χ0v) is 6.99. The third kappa shape index (κ3) is 1.23. The number of phenolic OH excluding ortho intramolecular Hbond substituents is 1. The third-order valence-corrected chi connectivity index (χ3v) is 2.03. The fourth-order valence-corrected chi connectivity index (χ4v) is 1.35. The van der Waals surface area contributed by atoms with Crippen LogP contribution in [0.3, 0.4) is 0 Å².